The normalized spacial score (nSPS) is 21.9. The number of hydrogen-bond acceptors (Lipinski definition) is 10. The van der Waals surface area contributed by atoms with Crippen LogP contribution in [0.3, 0.4) is 0 Å². The van der Waals surface area contributed by atoms with E-state index in [1.807, 2.05) is 31.2 Å². The Morgan fingerprint density at radius 1 is 0.931 bits per heavy atom. The first kappa shape index (κ1) is 39.4. The molecule has 8 rings (SSSR count). The number of piperidine rings is 2. The molecule has 4 aliphatic rings. The van der Waals surface area contributed by atoms with Crippen molar-refractivity contribution in [3.05, 3.63) is 82.8 Å². The van der Waals surface area contributed by atoms with Gasteiger partial charge in [-0.25, -0.2) is 4.98 Å². The Bertz CT molecular complexity index is 2280. The predicted octanol–water partition coefficient (Wildman–Crippen LogP) is 5.20. The Kier molecular flexibility index (Phi) is 10.7. The van der Waals surface area contributed by atoms with E-state index in [9.17, 15) is 29.1 Å². The smallest absolute Gasteiger partial charge is 0.274 e. The van der Waals surface area contributed by atoms with Gasteiger partial charge in [-0.2, -0.15) is 5.10 Å². The molecule has 3 fully saturated rings. The van der Waals surface area contributed by atoms with Crippen LogP contribution in [0.2, 0.25) is 0 Å². The second-order valence-electron chi connectivity index (χ2n) is 17.2. The molecule has 1 atom stereocenters. The topological polar surface area (TPSA) is 170 Å². The number of carbonyl (C=O) groups is 5. The Morgan fingerprint density at radius 3 is 2.33 bits per heavy atom. The maximum absolute atomic E-state index is 13.7. The fraction of sp³-hybridized carbons (Fsp3) is 0.477. The number of aliphatic hydroxyl groups is 1. The molecule has 14 nitrogen and oxygen atoms in total. The van der Waals surface area contributed by atoms with Crippen LogP contribution in [0.1, 0.15) is 114 Å². The van der Waals surface area contributed by atoms with Crippen LogP contribution in [0.5, 0.6) is 0 Å². The van der Waals surface area contributed by atoms with Gasteiger partial charge in [0.2, 0.25) is 11.8 Å². The molecule has 2 aromatic heterocycles. The minimum atomic E-state index is -1.20. The van der Waals surface area contributed by atoms with Gasteiger partial charge in [0.05, 0.1) is 34.0 Å². The average molecular weight is 789 g/mol. The highest BCUT2D eigenvalue weighted by Gasteiger charge is 2.46. The van der Waals surface area contributed by atoms with E-state index < -0.39 is 29.4 Å². The van der Waals surface area contributed by atoms with Crippen molar-refractivity contribution in [1.29, 1.82) is 0 Å². The van der Waals surface area contributed by atoms with Gasteiger partial charge < -0.3 is 20.2 Å². The number of hydrogen-bond donors (Lipinski definition) is 3. The zero-order valence-electron chi connectivity index (χ0n) is 33.7. The van der Waals surface area contributed by atoms with Crippen LogP contribution in [0.15, 0.2) is 54.7 Å². The molecule has 1 aliphatic carbocycles. The van der Waals surface area contributed by atoms with Gasteiger partial charge >= 0.3 is 0 Å². The van der Waals surface area contributed by atoms with Gasteiger partial charge in [-0.15, -0.1) is 0 Å². The molecule has 0 radical (unpaired) electrons. The van der Waals surface area contributed by atoms with Crippen LogP contribution < -0.4 is 15.5 Å². The summed E-state index contributed by atoms with van der Waals surface area (Å²) in [7, 11) is 2.21. The van der Waals surface area contributed by atoms with E-state index in [1.165, 1.54) is 0 Å². The zero-order chi connectivity index (χ0) is 40.9. The number of pyridine rings is 1. The summed E-state index contributed by atoms with van der Waals surface area (Å²) in [6.45, 7) is 8.82. The van der Waals surface area contributed by atoms with E-state index >= 15 is 0 Å². The van der Waals surface area contributed by atoms with E-state index in [0.717, 1.165) is 91.9 Å². The van der Waals surface area contributed by atoms with Crippen molar-refractivity contribution in [2.45, 2.75) is 89.8 Å². The van der Waals surface area contributed by atoms with Gasteiger partial charge in [-0.1, -0.05) is 12.1 Å². The van der Waals surface area contributed by atoms with Gasteiger partial charge in [-0.05, 0) is 121 Å². The van der Waals surface area contributed by atoms with E-state index in [1.54, 1.807) is 38.1 Å². The third kappa shape index (κ3) is 7.87. The van der Waals surface area contributed by atoms with Crippen molar-refractivity contribution in [2.75, 3.05) is 43.4 Å². The van der Waals surface area contributed by atoms with Crippen molar-refractivity contribution >= 4 is 51.8 Å². The Balaban J connectivity index is 0.840. The zero-order valence-corrected chi connectivity index (χ0v) is 33.7. The second-order valence-corrected chi connectivity index (χ2v) is 17.2. The maximum Gasteiger partial charge on any atom is 0.274 e. The highest BCUT2D eigenvalue weighted by atomic mass is 16.3. The highest BCUT2D eigenvalue weighted by Crippen LogP contribution is 2.38. The maximum atomic E-state index is 13.7. The Hall–Kier alpha value is -5.47. The summed E-state index contributed by atoms with van der Waals surface area (Å²) < 4.78 is 2.07. The van der Waals surface area contributed by atoms with Gasteiger partial charge in [0.15, 0.2) is 0 Å². The summed E-state index contributed by atoms with van der Waals surface area (Å²) in [5.41, 5.74) is 3.19. The first-order valence-electron chi connectivity index (χ1n) is 20.5. The molecule has 14 heteroatoms. The molecule has 0 bridgehead atoms. The molecule has 1 unspecified atom stereocenters. The Labute approximate surface area is 338 Å². The minimum absolute atomic E-state index is 0.0915. The van der Waals surface area contributed by atoms with E-state index in [4.69, 9.17) is 5.10 Å². The number of rotatable bonds is 10. The Morgan fingerprint density at radius 2 is 1.64 bits per heavy atom. The lowest BCUT2D eigenvalue weighted by Gasteiger charge is -2.37. The van der Waals surface area contributed by atoms with Crippen molar-refractivity contribution in [2.24, 2.45) is 11.8 Å². The van der Waals surface area contributed by atoms with Gasteiger partial charge in [-0.3, -0.25) is 38.9 Å². The third-order valence-electron chi connectivity index (χ3n) is 12.4. The van der Waals surface area contributed by atoms with E-state index in [-0.39, 0.29) is 30.7 Å². The molecular formula is C44H52N8O6. The fourth-order valence-electron chi connectivity index (χ4n) is 9.41. The molecule has 5 amide bonds. The molecule has 2 aromatic carbocycles. The van der Waals surface area contributed by atoms with Crippen LogP contribution in [-0.2, 0) is 15.2 Å². The largest absolute Gasteiger partial charge is 0.386 e. The first-order valence-corrected chi connectivity index (χ1v) is 20.5. The van der Waals surface area contributed by atoms with Crippen LogP contribution in [0.4, 0.5) is 11.4 Å². The predicted molar refractivity (Wildman–Crippen MR) is 218 cm³/mol. The molecule has 5 heterocycles. The summed E-state index contributed by atoms with van der Waals surface area (Å²) in [5.74, 6) is -1.16. The number of nitrogens with zero attached hydrogens (tertiary/aromatic N) is 6. The summed E-state index contributed by atoms with van der Waals surface area (Å²) in [6.07, 6.45) is 8.47. The standard InChI is InChI=1S/C44H52N8O6/c1-26-7-5-9-33(45-26)40(54)46-35-21-29-25-51(48-34(29)22-32(35)44(2,3)58)30-13-11-27(12-14-30)23-49(4)24-28-17-19-50(20-18-28)36-10-6-8-31-39(36)43(57)52(42(31)56)37-15-16-38(53)47-41(37)55/h5-10,21-22,25,27-28,30,37,58H,11-20,23-24H2,1-4H3,(H,46,54)(H,47,53,55). The molecule has 0 spiro atoms. The lowest BCUT2D eigenvalue weighted by molar-refractivity contribution is -0.136. The number of amides is 5. The van der Waals surface area contributed by atoms with Crippen LogP contribution in [0, 0.1) is 18.8 Å². The molecular weight excluding hydrogens is 737 g/mol. The fourth-order valence-corrected chi connectivity index (χ4v) is 9.41. The van der Waals surface area contributed by atoms with E-state index in [0.29, 0.717) is 39.9 Å². The van der Waals surface area contributed by atoms with Crippen molar-refractivity contribution in [3.8, 4) is 0 Å². The monoisotopic (exact) mass is 788 g/mol. The van der Waals surface area contributed by atoms with Crippen molar-refractivity contribution in [1.82, 2.24) is 29.9 Å². The van der Waals surface area contributed by atoms with Crippen molar-refractivity contribution < 1.29 is 29.1 Å². The lowest BCUT2D eigenvalue weighted by atomic mass is 9.85. The van der Waals surface area contributed by atoms with Crippen LogP contribution >= 0.6 is 0 Å². The minimum Gasteiger partial charge on any atom is -0.386 e. The summed E-state index contributed by atoms with van der Waals surface area (Å²) >= 11 is 0. The number of benzene rings is 2. The third-order valence-corrected chi connectivity index (χ3v) is 12.4. The van der Waals surface area contributed by atoms with Gasteiger partial charge in [0.1, 0.15) is 11.7 Å². The average Bonchev–Trinajstić information content (AvgIpc) is 3.72. The number of nitrogens with one attached hydrogen (secondary N) is 2. The molecule has 58 heavy (non-hydrogen) atoms. The number of imide groups is 2. The number of aromatic nitrogens is 3. The van der Waals surface area contributed by atoms with Crippen LogP contribution in [-0.4, -0.2) is 98.5 Å². The van der Waals surface area contributed by atoms with Crippen molar-refractivity contribution in [3.63, 3.8) is 0 Å². The second kappa shape index (κ2) is 15.7. The molecule has 3 aliphatic heterocycles. The SMILES string of the molecule is Cc1cccc(C(=O)Nc2cc3cn(C4CCC(CN(C)CC5CCN(c6cccc7c6C(=O)N(C6CCC(=O)NC6=O)C7=O)CC5)CC4)nc3cc2C(C)(C)O)n1. The number of aryl methyl sites for hydroxylation is 1. The lowest BCUT2D eigenvalue weighted by Crippen LogP contribution is -2.54. The first-order chi connectivity index (χ1) is 27.7. The highest BCUT2D eigenvalue weighted by molar-refractivity contribution is 6.25. The summed E-state index contributed by atoms with van der Waals surface area (Å²) in [6, 6.07) is 13.7. The number of fused-ring (bicyclic) bond motifs is 2. The summed E-state index contributed by atoms with van der Waals surface area (Å²) in [5, 5.41) is 22.1. The van der Waals surface area contributed by atoms with Gasteiger partial charge in [0.25, 0.3) is 17.7 Å². The van der Waals surface area contributed by atoms with Gasteiger partial charge in [0, 0.05) is 61.1 Å². The molecule has 304 valence electrons. The summed E-state index contributed by atoms with van der Waals surface area (Å²) in [4.78, 5) is 74.5. The van der Waals surface area contributed by atoms with E-state index in [2.05, 4.69) is 43.3 Å². The number of carbonyl (C=O) groups excluding carboxylic acids is 5. The molecule has 3 N–H and O–H groups in total. The molecule has 1 saturated carbocycles. The molecule has 4 aromatic rings. The quantitative estimate of drug-likeness (QED) is 0.182. The molecule has 2 saturated heterocycles. The van der Waals surface area contributed by atoms with Crippen LogP contribution in [0.25, 0.3) is 10.9 Å². The number of anilines is 2.